The number of hydrogen-bond acceptors (Lipinski definition) is 1. The van der Waals surface area contributed by atoms with E-state index >= 15 is 0 Å². The van der Waals surface area contributed by atoms with Crippen molar-refractivity contribution in [2.45, 2.75) is 0 Å². The highest BCUT2D eigenvalue weighted by Crippen LogP contribution is 2.48. The minimum atomic E-state index is 0.464. The van der Waals surface area contributed by atoms with Crippen LogP contribution in [0.2, 0.25) is 0 Å². The molecular weight excluding hydrogens is 657 g/mol. The van der Waals surface area contributed by atoms with Gasteiger partial charge in [-0.3, -0.25) is 0 Å². The summed E-state index contributed by atoms with van der Waals surface area (Å²) in [5, 5.41) is 15.4. The van der Waals surface area contributed by atoms with Crippen molar-refractivity contribution in [1.82, 2.24) is 9.13 Å². The number of rotatable bonds is 5. The van der Waals surface area contributed by atoms with E-state index in [0.717, 1.165) is 72.0 Å². The van der Waals surface area contributed by atoms with Gasteiger partial charge in [-0.2, -0.15) is 5.26 Å². The van der Waals surface area contributed by atoms with Crippen molar-refractivity contribution in [3.63, 3.8) is 0 Å². The Bertz CT molecular complexity index is 3140. The molecule has 8 aromatic carbocycles. The Morgan fingerprint density at radius 3 is 1.72 bits per heavy atom. The van der Waals surface area contributed by atoms with Crippen LogP contribution in [0.1, 0.15) is 5.56 Å². The molecule has 54 heavy (non-hydrogen) atoms. The summed E-state index contributed by atoms with van der Waals surface area (Å²) in [4.78, 5) is 4.17. The predicted molar refractivity (Wildman–Crippen MR) is 222 cm³/mol. The SMILES string of the molecule is [C-]#[N+]c1c(-c2ccc3c4c(ccc5c6ccccc6n(-c6ccccc6)c54)n(-c4ccccc4)c3c2)cc(-c2ccccc2)c(C#N)c1-c1ccccc1. The Labute approximate surface area is 312 Å². The molecule has 0 radical (unpaired) electrons. The lowest BCUT2D eigenvalue weighted by Gasteiger charge is -2.17. The van der Waals surface area contributed by atoms with Crippen LogP contribution in [0.15, 0.2) is 182 Å². The molecule has 0 bridgehead atoms. The van der Waals surface area contributed by atoms with E-state index in [0.29, 0.717) is 16.8 Å². The summed E-state index contributed by atoms with van der Waals surface area (Å²) in [5.41, 5.74) is 12.5. The highest BCUT2D eigenvalue weighted by Gasteiger charge is 2.24. The van der Waals surface area contributed by atoms with E-state index in [2.05, 4.69) is 129 Å². The third-order valence-corrected chi connectivity index (χ3v) is 10.6. The van der Waals surface area contributed by atoms with Crippen molar-refractivity contribution in [3.8, 4) is 50.8 Å². The van der Waals surface area contributed by atoms with Gasteiger partial charge in [0, 0.05) is 38.5 Å². The number of para-hydroxylation sites is 3. The lowest BCUT2D eigenvalue weighted by Crippen LogP contribution is -1.95. The molecular formula is C50H30N4. The molecule has 0 aliphatic rings. The lowest BCUT2D eigenvalue weighted by molar-refractivity contribution is 1.17. The molecule has 250 valence electrons. The fraction of sp³-hybridized carbons (Fsp3) is 0. The smallest absolute Gasteiger partial charge is 0.203 e. The van der Waals surface area contributed by atoms with Gasteiger partial charge in [0.15, 0.2) is 0 Å². The zero-order valence-electron chi connectivity index (χ0n) is 29.1. The van der Waals surface area contributed by atoms with Crippen LogP contribution in [0.25, 0.3) is 93.2 Å². The predicted octanol–water partition coefficient (Wildman–Crippen LogP) is 13.3. The Balaban J connectivity index is 1.35. The van der Waals surface area contributed by atoms with Gasteiger partial charge in [0.1, 0.15) is 0 Å². The van der Waals surface area contributed by atoms with Crippen LogP contribution >= 0.6 is 0 Å². The number of hydrogen-bond donors (Lipinski definition) is 0. The Morgan fingerprint density at radius 1 is 0.463 bits per heavy atom. The summed E-state index contributed by atoms with van der Waals surface area (Å²) >= 11 is 0. The molecule has 0 N–H and O–H groups in total. The molecule has 10 rings (SSSR count). The summed E-state index contributed by atoms with van der Waals surface area (Å²) in [6.45, 7) is 8.55. The van der Waals surface area contributed by atoms with Gasteiger partial charge in [-0.05, 0) is 70.3 Å². The fourth-order valence-corrected chi connectivity index (χ4v) is 8.28. The van der Waals surface area contributed by atoms with E-state index < -0.39 is 0 Å². The second kappa shape index (κ2) is 12.5. The van der Waals surface area contributed by atoms with Crippen LogP contribution in [0.4, 0.5) is 5.69 Å². The molecule has 0 saturated carbocycles. The van der Waals surface area contributed by atoms with Crippen molar-refractivity contribution in [3.05, 3.63) is 199 Å². The van der Waals surface area contributed by atoms with Gasteiger partial charge in [0.05, 0.1) is 40.3 Å². The maximum atomic E-state index is 10.7. The van der Waals surface area contributed by atoms with Crippen LogP contribution in [0.3, 0.4) is 0 Å². The Hall–Kier alpha value is -7.66. The van der Waals surface area contributed by atoms with Crippen LogP contribution in [0, 0.1) is 17.9 Å². The summed E-state index contributed by atoms with van der Waals surface area (Å²) in [6, 6.07) is 65.2. The molecule has 0 atom stereocenters. The number of aromatic nitrogens is 2. The van der Waals surface area contributed by atoms with Crippen LogP contribution in [-0.4, -0.2) is 9.13 Å². The van der Waals surface area contributed by atoms with E-state index in [-0.39, 0.29) is 0 Å². The lowest BCUT2D eigenvalue weighted by atomic mass is 9.86. The van der Waals surface area contributed by atoms with Crippen molar-refractivity contribution < 1.29 is 0 Å². The molecule has 4 heteroatoms. The van der Waals surface area contributed by atoms with Crippen LogP contribution < -0.4 is 0 Å². The second-order valence-electron chi connectivity index (χ2n) is 13.5. The fourth-order valence-electron chi connectivity index (χ4n) is 8.28. The molecule has 0 unspecified atom stereocenters. The number of fused-ring (bicyclic) bond motifs is 7. The second-order valence-corrected chi connectivity index (χ2v) is 13.5. The zero-order valence-corrected chi connectivity index (χ0v) is 29.1. The van der Waals surface area contributed by atoms with Gasteiger partial charge in [-0.1, -0.05) is 140 Å². The van der Waals surface area contributed by atoms with E-state index in [1.165, 1.54) is 10.8 Å². The first-order valence-corrected chi connectivity index (χ1v) is 18.0. The average molecular weight is 687 g/mol. The van der Waals surface area contributed by atoms with Gasteiger partial charge in [-0.25, -0.2) is 4.85 Å². The van der Waals surface area contributed by atoms with Gasteiger partial charge in [0.2, 0.25) is 5.69 Å². The highest BCUT2D eigenvalue weighted by molar-refractivity contribution is 6.26. The van der Waals surface area contributed by atoms with Gasteiger partial charge >= 0.3 is 0 Å². The van der Waals surface area contributed by atoms with Crippen LogP contribution in [0.5, 0.6) is 0 Å². The Kier molecular flexibility index (Phi) is 7.22. The molecule has 10 aromatic rings. The summed E-state index contributed by atoms with van der Waals surface area (Å²) in [6.07, 6.45) is 0. The minimum absolute atomic E-state index is 0.464. The third kappa shape index (κ3) is 4.68. The van der Waals surface area contributed by atoms with E-state index in [1.54, 1.807) is 0 Å². The van der Waals surface area contributed by atoms with Crippen molar-refractivity contribution in [2.24, 2.45) is 0 Å². The van der Waals surface area contributed by atoms with E-state index in [4.69, 9.17) is 6.57 Å². The van der Waals surface area contributed by atoms with Crippen molar-refractivity contribution in [1.29, 1.82) is 5.26 Å². The van der Waals surface area contributed by atoms with Crippen molar-refractivity contribution >= 4 is 49.3 Å². The van der Waals surface area contributed by atoms with Crippen LogP contribution in [-0.2, 0) is 0 Å². The average Bonchev–Trinajstić information content (AvgIpc) is 3.76. The van der Waals surface area contributed by atoms with Gasteiger partial charge < -0.3 is 9.13 Å². The highest BCUT2D eigenvalue weighted by atomic mass is 15.0. The molecule has 2 aromatic heterocycles. The normalized spacial score (nSPS) is 11.3. The molecule has 0 spiro atoms. The monoisotopic (exact) mass is 686 g/mol. The number of benzene rings is 8. The third-order valence-electron chi connectivity index (χ3n) is 10.6. The molecule has 0 amide bonds. The molecule has 2 heterocycles. The topological polar surface area (TPSA) is 38.0 Å². The Morgan fingerprint density at radius 2 is 1.06 bits per heavy atom. The first-order chi connectivity index (χ1) is 26.7. The quantitative estimate of drug-likeness (QED) is 0.166. The zero-order chi connectivity index (χ0) is 36.2. The molecule has 0 aliphatic heterocycles. The molecule has 0 fully saturated rings. The maximum Gasteiger partial charge on any atom is 0.203 e. The summed E-state index contributed by atoms with van der Waals surface area (Å²) < 4.78 is 4.74. The maximum absolute atomic E-state index is 10.7. The minimum Gasteiger partial charge on any atom is -0.309 e. The molecule has 0 aliphatic carbocycles. The largest absolute Gasteiger partial charge is 0.309 e. The van der Waals surface area contributed by atoms with Crippen molar-refractivity contribution in [2.75, 3.05) is 0 Å². The van der Waals surface area contributed by atoms with E-state index in [1.807, 2.05) is 72.8 Å². The molecule has 4 nitrogen and oxygen atoms in total. The van der Waals surface area contributed by atoms with Gasteiger partial charge in [-0.15, -0.1) is 0 Å². The number of nitriles is 1. The first-order valence-electron chi connectivity index (χ1n) is 18.0. The standard InChI is InChI=1S/C50H30N4/c1-52-49-42(31-41(33-16-6-2-7-17-33)43(32-51)47(49)34-18-8-3-9-19-34)35-26-27-40-46(30-35)53(36-20-10-4-11-21-36)45-29-28-39-38-24-14-15-25-44(38)54(50(39)48(40)45)37-22-12-5-13-23-37/h2-31H. The van der Waals surface area contributed by atoms with Gasteiger partial charge in [0.25, 0.3) is 0 Å². The summed E-state index contributed by atoms with van der Waals surface area (Å²) in [5.74, 6) is 0. The van der Waals surface area contributed by atoms with E-state index in [9.17, 15) is 5.26 Å². The number of nitrogens with zero attached hydrogens (tertiary/aromatic N) is 4. The molecule has 0 saturated heterocycles. The summed E-state index contributed by atoms with van der Waals surface area (Å²) in [7, 11) is 0. The first kappa shape index (κ1) is 31.1.